The van der Waals surface area contributed by atoms with Gasteiger partial charge in [-0.15, -0.1) is 0 Å². The van der Waals surface area contributed by atoms with Crippen molar-refractivity contribution in [3.8, 4) is 0 Å². The summed E-state index contributed by atoms with van der Waals surface area (Å²) >= 11 is 5.78. The van der Waals surface area contributed by atoms with Crippen LogP contribution in [0.5, 0.6) is 0 Å². The van der Waals surface area contributed by atoms with Gasteiger partial charge < -0.3 is 9.80 Å². The predicted molar refractivity (Wildman–Crippen MR) is 115 cm³/mol. The van der Waals surface area contributed by atoms with Crippen molar-refractivity contribution in [2.45, 2.75) is 32.6 Å². The van der Waals surface area contributed by atoms with Crippen LogP contribution in [0, 0.1) is 0 Å². The van der Waals surface area contributed by atoms with E-state index in [4.69, 9.17) is 11.6 Å². The number of hydrogen-bond acceptors (Lipinski definition) is 5. The number of aromatic nitrogens is 4. The van der Waals surface area contributed by atoms with Gasteiger partial charge in [0.1, 0.15) is 12.1 Å². The number of carbonyl (C=O) groups is 1. The number of halogens is 1. The van der Waals surface area contributed by atoms with E-state index in [0.717, 1.165) is 50.4 Å². The van der Waals surface area contributed by atoms with Crippen molar-refractivity contribution in [1.82, 2.24) is 24.5 Å². The van der Waals surface area contributed by atoms with Crippen LogP contribution in [0.2, 0.25) is 5.02 Å². The molecule has 0 saturated carbocycles. The summed E-state index contributed by atoms with van der Waals surface area (Å²) in [4.78, 5) is 23.8. The van der Waals surface area contributed by atoms with Gasteiger partial charge in [0.25, 0.3) is 0 Å². The highest BCUT2D eigenvalue weighted by Gasteiger charge is 2.19. The lowest BCUT2D eigenvalue weighted by Crippen LogP contribution is -2.34. The molecule has 0 N–H and O–H groups in total. The van der Waals surface area contributed by atoms with Crippen molar-refractivity contribution < 1.29 is 4.79 Å². The molecule has 0 aliphatic carbocycles. The number of aryl methyl sites for hydroxylation is 1. The summed E-state index contributed by atoms with van der Waals surface area (Å²) in [5.41, 5.74) is 2.26. The number of likely N-dealkylation sites (N-methyl/N-ethyl adjacent to an activating group) is 1. The van der Waals surface area contributed by atoms with Crippen LogP contribution in [-0.4, -0.2) is 57.1 Å². The molecule has 4 heterocycles. The third-order valence-corrected chi connectivity index (χ3v) is 5.11. The van der Waals surface area contributed by atoms with Crippen molar-refractivity contribution >= 4 is 29.0 Å². The van der Waals surface area contributed by atoms with Crippen LogP contribution in [0.15, 0.2) is 43.0 Å². The third-order valence-electron chi connectivity index (χ3n) is 4.88. The van der Waals surface area contributed by atoms with Crippen LogP contribution in [0.1, 0.15) is 31.7 Å². The van der Waals surface area contributed by atoms with Gasteiger partial charge in [-0.2, -0.15) is 5.10 Å². The molecule has 1 amide bonds. The minimum atomic E-state index is 0.266. The van der Waals surface area contributed by atoms with Gasteiger partial charge in [0, 0.05) is 45.5 Å². The summed E-state index contributed by atoms with van der Waals surface area (Å²) in [5.74, 6) is 1.14. The number of anilines is 1. The molecule has 3 aromatic rings. The first-order chi connectivity index (χ1) is 14.1. The number of fused-ring (bicyclic) bond motifs is 1. The summed E-state index contributed by atoms with van der Waals surface area (Å²) in [5, 5.41) is 4.70. The topological polar surface area (TPSA) is 66.6 Å². The second kappa shape index (κ2) is 10.2. The Morgan fingerprint density at radius 2 is 2.10 bits per heavy atom. The molecule has 1 aliphatic heterocycles. The number of nitrogens with zero attached hydrogens (tertiary/aromatic N) is 6. The third kappa shape index (κ3) is 5.67. The zero-order chi connectivity index (χ0) is 20.6. The Balaban J connectivity index is 0.000000176. The first-order valence-electron chi connectivity index (χ1n) is 9.96. The molecule has 0 unspecified atom stereocenters. The Morgan fingerprint density at radius 3 is 2.79 bits per heavy atom. The first-order valence-corrected chi connectivity index (χ1v) is 10.3. The SMILES string of the molecule is CCCc1cccn2ncnc12.CN(CCN1CCCC1=O)c1ccc(Cl)cn1. The number of pyridine rings is 2. The van der Waals surface area contributed by atoms with Crippen LogP contribution in [0.3, 0.4) is 0 Å². The molecule has 29 heavy (non-hydrogen) atoms. The van der Waals surface area contributed by atoms with E-state index < -0.39 is 0 Å². The fraction of sp³-hybridized carbons (Fsp3) is 0.429. The Labute approximate surface area is 176 Å². The van der Waals surface area contributed by atoms with E-state index in [-0.39, 0.29) is 5.91 Å². The van der Waals surface area contributed by atoms with E-state index in [1.54, 1.807) is 12.5 Å². The smallest absolute Gasteiger partial charge is 0.222 e. The molecule has 0 atom stereocenters. The van der Waals surface area contributed by atoms with Crippen LogP contribution in [0.4, 0.5) is 5.82 Å². The van der Waals surface area contributed by atoms with E-state index in [2.05, 4.69) is 28.1 Å². The highest BCUT2D eigenvalue weighted by atomic mass is 35.5. The molecule has 3 aromatic heterocycles. The zero-order valence-electron chi connectivity index (χ0n) is 17.0. The van der Waals surface area contributed by atoms with E-state index >= 15 is 0 Å². The maximum atomic E-state index is 11.4. The van der Waals surface area contributed by atoms with Gasteiger partial charge in [-0.1, -0.05) is 31.0 Å². The van der Waals surface area contributed by atoms with E-state index in [9.17, 15) is 4.79 Å². The second-order valence-electron chi connectivity index (χ2n) is 7.05. The Hall–Kier alpha value is -2.67. The van der Waals surface area contributed by atoms with Gasteiger partial charge in [0.15, 0.2) is 5.65 Å². The summed E-state index contributed by atoms with van der Waals surface area (Å²) in [6, 6.07) is 7.82. The molecule has 0 spiro atoms. The minimum Gasteiger partial charge on any atom is -0.358 e. The van der Waals surface area contributed by atoms with Gasteiger partial charge in [0.05, 0.1) is 5.02 Å². The fourth-order valence-corrected chi connectivity index (χ4v) is 3.40. The van der Waals surface area contributed by atoms with Crippen molar-refractivity contribution in [3.05, 3.63) is 53.6 Å². The molecular formula is C21H27ClN6O. The average molecular weight is 415 g/mol. The lowest BCUT2D eigenvalue weighted by Gasteiger charge is -2.22. The molecule has 1 saturated heterocycles. The lowest BCUT2D eigenvalue weighted by molar-refractivity contribution is -0.127. The van der Waals surface area contributed by atoms with Gasteiger partial charge >= 0.3 is 0 Å². The molecule has 1 fully saturated rings. The monoisotopic (exact) mass is 414 g/mol. The van der Waals surface area contributed by atoms with E-state index in [1.807, 2.05) is 45.8 Å². The van der Waals surface area contributed by atoms with Gasteiger partial charge in [0.2, 0.25) is 5.91 Å². The van der Waals surface area contributed by atoms with Crippen molar-refractivity contribution in [1.29, 1.82) is 0 Å². The van der Waals surface area contributed by atoms with E-state index in [1.165, 1.54) is 5.56 Å². The average Bonchev–Trinajstić information content (AvgIpc) is 3.37. The Bertz CT molecular complexity index is 926. The highest BCUT2D eigenvalue weighted by molar-refractivity contribution is 6.30. The molecule has 0 aromatic carbocycles. The zero-order valence-corrected chi connectivity index (χ0v) is 17.7. The molecular weight excluding hydrogens is 388 g/mol. The molecule has 4 rings (SSSR count). The van der Waals surface area contributed by atoms with Crippen molar-refractivity contribution in [2.24, 2.45) is 0 Å². The largest absolute Gasteiger partial charge is 0.358 e. The van der Waals surface area contributed by atoms with Crippen LogP contribution < -0.4 is 4.90 Å². The van der Waals surface area contributed by atoms with Crippen LogP contribution in [-0.2, 0) is 11.2 Å². The maximum absolute atomic E-state index is 11.4. The van der Waals surface area contributed by atoms with Crippen molar-refractivity contribution in [2.75, 3.05) is 31.6 Å². The number of rotatable bonds is 6. The van der Waals surface area contributed by atoms with Crippen LogP contribution in [0.25, 0.3) is 5.65 Å². The lowest BCUT2D eigenvalue weighted by atomic mass is 10.2. The molecule has 0 radical (unpaired) electrons. The van der Waals surface area contributed by atoms with Gasteiger partial charge in [-0.05, 0) is 36.6 Å². The molecule has 0 bridgehead atoms. The fourth-order valence-electron chi connectivity index (χ4n) is 3.29. The standard InChI is InChI=1S/C12H16ClN3O.C9H11N3/c1-15(11-5-4-10(13)9-14-11)7-8-16-6-2-3-12(16)17;1-2-4-8-5-3-6-12-9(8)10-7-11-12/h4-5,9H,2-3,6-8H2,1H3;3,5-7H,2,4H2,1H3. The van der Waals surface area contributed by atoms with Gasteiger partial charge in [-0.3, -0.25) is 4.79 Å². The normalized spacial score (nSPS) is 13.5. The Morgan fingerprint density at radius 1 is 1.24 bits per heavy atom. The quantitative estimate of drug-likeness (QED) is 0.617. The van der Waals surface area contributed by atoms with Gasteiger partial charge in [-0.25, -0.2) is 14.5 Å². The Kier molecular flexibility index (Phi) is 7.41. The molecule has 154 valence electrons. The second-order valence-corrected chi connectivity index (χ2v) is 7.49. The predicted octanol–water partition coefficient (Wildman–Crippen LogP) is 3.48. The number of hydrogen-bond donors (Lipinski definition) is 0. The molecule has 1 aliphatic rings. The number of amides is 1. The minimum absolute atomic E-state index is 0.266. The molecule has 7 nitrogen and oxygen atoms in total. The summed E-state index contributed by atoms with van der Waals surface area (Å²) in [7, 11) is 1.97. The first kappa shape index (κ1) is 21.0. The van der Waals surface area contributed by atoms with E-state index in [0.29, 0.717) is 11.4 Å². The number of likely N-dealkylation sites (tertiary alicyclic amines) is 1. The summed E-state index contributed by atoms with van der Waals surface area (Å²) in [6.45, 7) is 4.61. The maximum Gasteiger partial charge on any atom is 0.222 e. The van der Waals surface area contributed by atoms with Crippen LogP contribution >= 0.6 is 11.6 Å². The molecule has 8 heteroatoms. The highest BCUT2D eigenvalue weighted by Crippen LogP contribution is 2.14. The number of carbonyl (C=O) groups excluding carboxylic acids is 1. The van der Waals surface area contributed by atoms with Crippen molar-refractivity contribution in [3.63, 3.8) is 0 Å². The summed E-state index contributed by atoms with van der Waals surface area (Å²) in [6.07, 6.45) is 9.05. The summed E-state index contributed by atoms with van der Waals surface area (Å²) < 4.78 is 1.81.